The third kappa shape index (κ3) is 9.18. The van der Waals surface area contributed by atoms with E-state index >= 15 is 0 Å². The summed E-state index contributed by atoms with van der Waals surface area (Å²) in [6.45, 7) is 0.716. The van der Waals surface area contributed by atoms with Crippen LogP contribution in [0, 0.1) is 5.92 Å². The van der Waals surface area contributed by atoms with Gasteiger partial charge in [0.2, 0.25) is 12.2 Å². The van der Waals surface area contributed by atoms with Gasteiger partial charge in [-0.25, -0.2) is 19.6 Å². The summed E-state index contributed by atoms with van der Waals surface area (Å²) in [4.78, 5) is 37.2. The lowest BCUT2D eigenvalue weighted by molar-refractivity contribution is -0.142. The van der Waals surface area contributed by atoms with Crippen LogP contribution in [0.15, 0.2) is 9.98 Å². The predicted molar refractivity (Wildman–Crippen MR) is 60.2 cm³/mol. The first kappa shape index (κ1) is 15.2. The molecule has 0 aromatic carbocycles. The van der Waals surface area contributed by atoms with Gasteiger partial charge in [0.1, 0.15) is 0 Å². The van der Waals surface area contributed by atoms with Crippen molar-refractivity contribution in [1.82, 2.24) is 0 Å². The normalized spacial score (nSPS) is 11.1. The van der Waals surface area contributed by atoms with Crippen LogP contribution < -0.4 is 0 Å². The van der Waals surface area contributed by atoms with E-state index in [4.69, 9.17) is 5.11 Å². The van der Waals surface area contributed by atoms with Crippen molar-refractivity contribution in [3.8, 4) is 0 Å². The Morgan fingerprint density at radius 3 is 2.06 bits per heavy atom. The summed E-state index contributed by atoms with van der Waals surface area (Å²) in [5, 5.41) is 8.94. The van der Waals surface area contributed by atoms with Crippen LogP contribution in [0.4, 0.5) is 0 Å². The van der Waals surface area contributed by atoms with Crippen molar-refractivity contribution in [1.29, 1.82) is 0 Å². The maximum Gasteiger partial charge on any atom is 0.306 e. The first-order chi connectivity index (χ1) is 8.22. The maximum absolute atomic E-state index is 10.9. The highest BCUT2D eigenvalue weighted by Crippen LogP contribution is 2.15. The van der Waals surface area contributed by atoms with Crippen molar-refractivity contribution < 1.29 is 19.5 Å². The highest BCUT2D eigenvalue weighted by atomic mass is 16.4. The molecule has 0 saturated heterocycles. The lowest BCUT2D eigenvalue weighted by Gasteiger charge is -2.10. The number of unbranched alkanes of at least 4 members (excludes halogenated alkanes) is 1. The molecule has 0 aromatic heterocycles. The van der Waals surface area contributed by atoms with E-state index in [0.29, 0.717) is 45.2 Å². The Labute approximate surface area is 99.5 Å². The number of nitrogens with zero attached hydrogens (tertiary/aromatic N) is 2. The van der Waals surface area contributed by atoms with Crippen molar-refractivity contribution in [2.45, 2.75) is 32.1 Å². The number of hydrogen-bond donors (Lipinski definition) is 1. The molecule has 17 heavy (non-hydrogen) atoms. The molecule has 0 fully saturated rings. The van der Waals surface area contributed by atoms with E-state index in [1.165, 1.54) is 12.2 Å². The number of isocyanates is 2. The molecule has 0 saturated carbocycles. The molecule has 0 amide bonds. The number of aliphatic imine (C=N–C) groups is 2. The summed E-state index contributed by atoms with van der Waals surface area (Å²) >= 11 is 0. The molecular formula is C11H16N2O4. The van der Waals surface area contributed by atoms with Gasteiger partial charge in [0.25, 0.3) is 0 Å². The average Bonchev–Trinajstić information content (AvgIpc) is 2.31. The summed E-state index contributed by atoms with van der Waals surface area (Å²) in [5.74, 6) is -1.25. The number of carboxylic acid groups (broad SMARTS) is 1. The zero-order valence-corrected chi connectivity index (χ0v) is 9.59. The van der Waals surface area contributed by atoms with Crippen LogP contribution in [-0.4, -0.2) is 36.3 Å². The van der Waals surface area contributed by atoms with Crippen molar-refractivity contribution in [3.63, 3.8) is 0 Å². The number of carbonyl (C=O) groups excluding carboxylic acids is 2. The molecular weight excluding hydrogens is 224 g/mol. The van der Waals surface area contributed by atoms with E-state index in [1.54, 1.807) is 0 Å². The van der Waals surface area contributed by atoms with Gasteiger partial charge in [-0.05, 0) is 25.7 Å². The molecule has 1 atom stereocenters. The van der Waals surface area contributed by atoms with Crippen molar-refractivity contribution in [2.75, 3.05) is 13.1 Å². The van der Waals surface area contributed by atoms with E-state index < -0.39 is 11.9 Å². The molecule has 0 bridgehead atoms. The SMILES string of the molecule is O=C=NCCCCC(CCCN=C=O)C(=O)O. The maximum atomic E-state index is 10.9. The van der Waals surface area contributed by atoms with Gasteiger partial charge in [0, 0.05) is 0 Å². The predicted octanol–water partition coefficient (Wildman–Crippen LogP) is 1.31. The minimum absolute atomic E-state index is 0.322. The molecule has 0 aliphatic heterocycles. The quantitative estimate of drug-likeness (QED) is 0.353. The minimum Gasteiger partial charge on any atom is -0.481 e. The van der Waals surface area contributed by atoms with E-state index in [0.717, 1.165) is 0 Å². The zero-order valence-electron chi connectivity index (χ0n) is 9.59. The van der Waals surface area contributed by atoms with E-state index in [1.807, 2.05) is 0 Å². The van der Waals surface area contributed by atoms with Crippen molar-refractivity contribution in [3.05, 3.63) is 0 Å². The van der Waals surface area contributed by atoms with Gasteiger partial charge >= 0.3 is 5.97 Å². The van der Waals surface area contributed by atoms with Gasteiger partial charge in [0.15, 0.2) is 0 Å². The molecule has 1 unspecified atom stereocenters. The minimum atomic E-state index is -0.834. The first-order valence-corrected chi connectivity index (χ1v) is 5.52. The number of aliphatic carboxylic acids is 1. The molecule has 0 aliphatic rings. The second kappa shape index (κ2) is 10.7. The molecule has 0 heterocycles. The van der Waals surface area contributed by atoms with Gasteiger partial charge in [-0.3, -0.25) is 4.79 Å². The van der Waals surface area contributed by atoms with Crippen molar-refractivity contribution in [2.24, 2.45) is 15.9 Å². The van der Waals surface area contributed by atoms with Gasteiger partial charge in [-0.2, -0.15) is 0 Å². The monoisotopic (exact) mass is 240 g/mol. The summed E-state index contributed by atoms with van der Waals surface area (Å²) < 4.78 is 0. The van der Waals surface area contributed by atoms with Gasteiger partial charge < -0.3 is 5.11 Å². The Kier molecular flexibility index (Phi) is 9.62. The Bertz CT molecular complexity index is 317. The van der Waals surface area contributed by atoms with Crippen LogP contribution in [0.3, 0.4) is 0 Å². The third-order valence-electron chi connectivity index (χ3n) is 2.37. The van der Waals surface area contributed by atoms with E-state index in [9.17, 15) is 14.4 Å². The molecule has 0 spiro atoms. The highest BCUT2D eigenvalue weighted by Gasteiger charge is 2.15. The lowest BCUT2D eigenvalue weighted by atomic mass is 9.97. The number of carboxylic acids is 1. The molecule has 6 nitrogen and oxygen atoms in total. The fourth-order valence-electron chi connectivity index (χ4n) is 1.48. The smallest absolute Gasteiger partial charge is 0.306 e. The van der Waals surface area contributed by atoms with Crippen LogP contribution in [0.1, 0.15) is 32.1 Å². The number of rotatable bonds is 10. The molecule has 0 aromatic rings. The van der Waals surface area contributed by atoms with Gasteiger partial charge in [-0.1, -0.05) is 6.42 Å². The van der Waals surface area contributed by atoms with Crippen LogP contribution in [0.2, 0.25) is 0 Å². The van der Waals surface area contributed by atoms with Gasteiger partial charge in [0.05, 0.1) is 19.0 Å². The molecule has 0 radical (unpaired) electrons. The first-order valence-electron chi connectivity index (χ1n) is 5.52. The second-order valence-electron chi connectivity index (χ2n) is 3.62. The van der Waals surface area contributed by atoms with Crippen LogP contribution in [0.5, 0.6) is 0 Å². The fraction of sp³-hybridized carbons (Fsp3) is 0.727. The molecule has 1 N–H and O–H groups in total. The van der Waals surface area contributed by atoms with E-state index in [-0.39, 0.29) is 0 Å². The van der Waals surface area contributed by atoms with Crippen LogP contribution in [-0.2, 0) is 14.4 Å². The fourth-order valence-corrected chi connectivity index (χ4v) is 1.48. The summed E-state index contributed by atoms with van der Waals surface area (Å²) in [7, 11) is 0. The summed E-state index contributed by atoms with van der Waals surface area (Å²) in [5.41, 5.74) is 0. The molecule has 94 valence electrons. The Morgan fingerprint density at radius 2 is 1.53 bits per heavy atom. The summed E-state index contributed by atoms with van der Waals surface area (Å²) in [6.07, 6.45) is 5.86. The zero-order chi connectivity index (χ0) is 12.9. The highest BCUT2D eigenvalue weighted by molar-refractivity contribution is 5.69. The van der Waals surface area contributed by atoms with Gasteiger partial charge in [-0.15, -0.1) is 0 Å². The Morgan fingerprint density at radius 1 is 1.00 bits per heavy atom. The largest absolute Gasteiger partial charge is 0.481 e. The standard InChI is InChI=1S/C11H16N2O4/c14-8-12-6-2-1-4-10(11(16)17)5-3-7-13-9-15/h10H,1-7H2,(H,16,17). The topological polar surface area (TPSA) is 96.2 Å². The van der Waals surface area contributed by atoms with Crippen molar-refractivity contribution >= 4 is 18.1 Å². The molecule has 0 aliphatic carbocycles. The number of hydrogen-bond acceptors (Lipinski definition) is 5. The summed E-state index contributed by atoms with van der Waals surface area (Å²) in [6, 6.07) is 0. The third-order valence-corrected chi connectivity index (χ3v) is 2.37. The van der Waals surface area contributed by atoms with Crippen LogP contribution in [0.25, 0.3) is 0 Å². The second-order valence-corrected chi connectivity index (χ2v) is 3.62. The Balaban J connectivity index is 3.78. The van der Waals surface area contributed by atoms with E-state index in [2.05, 4.69) is 9.98 Å². The van der Waals surface area contributed by atoms with Crippen LogP contribution >= 0.6 is 0 Å². The average molecular weight is 240 g/mol. The Hall–Kier alpha value is -1.77. The lowest BCUT2D eigenvalue weighted by Crippen LogP contribution is -2.14. The molecule has 0 rings (SSSR count). The number of carbonyl (C=O) groups is 1. The molecule has 6 heteroatoms.